The lowest BCUT2D eigenvalue weighted by Gasteiger charge is -2.13. The third kappa shape index (κ3) is 8.82. The molecule has 92 valence electrons. The van der Waals surface area contributed by atoms with Crippen molar-refractivity contribution in [1.29, 1.82) is 0 Å². The lowest BCUT2D eigenvalue weighted by molar-refractivity contribution is 0.179. The number of nitrogens with two attached hydrogens (primary N) is 1. The smallest absolute Gasteiger partial charge is 0.117 e. The van der Waals surface area contributed by atoms with Crippen molar-refractivity contribution in [3.05, 3.63) is 0 Å². The van der Waals surface area contributed by atoms with Crippen LogP contribution in [0, 0.1) is 0 Å². The second-order valence-electron chi connectivity index (χ2n) is 4.27. The topological polar surface area (TPSA) is 46.2 Å². The van der Waals surface area contributed by atoms with Crippen molar-refractivity contribution in [3.8, 4) is 0 Å². The van der Waals surface area contributed by atoms with E-state index in [-0.39, 0.29) is 6.61 Å². The Kier molecular flexibility index (Phi) is 10.3. The van der Waals surface area contributed by atoms with E-state index < -0.39 is 12.2 Å². The summed E-state index contributed by atoms with van der Waals surface area (Å²) < 4.78 is 13.1. The van der Waals surface area contributed by atoms with Gasteiger partial charge in [0.1, 0.15) is 6.17 Å². The van der Waals surface area contributed by atoms with Crippen molar-refractivity contribution in [2.45, 2.75) is 70.5 Å². The fourth-order valence-corrected chi connectivity index (χ4v) is 1.62. The molecule has 0 saturated carbocycles. The van der Waals surface area contributed by atoms with Gasteiger partial charge in [0.15, 0.2) is 0 Å². The van der Waals surface area contributed by atoms with E-state index in [9.17, 15) is 4.39 Å². The highest BCUT2D eigenvalue weighted by atomic mass is 19.1. The van der Waals surface area contributed by atoms with Crippen molar-refractivity contribution >= 4 is 0 Å². The molecule has 0 aliphatic heterocycles. The molecule has 0 amide bonds. The highest BCUT2D eigenvalue weighted by molar-refractivity contribution is 4.70. The number of hydrogen-bond acceptors (Lipinski definition) is 2. The van der Waals surface area contributed by atoms with Gasteiger partial charge in [-0.25, -0.2) is 4.39 Å². The fourth-order valence-electron chi connectivity index (χ4n) is 1.62. The molecule has 0 radical (unpaired) electrons. The van der Waals surface area contributed by atoms with Gasteiger partial charge in [0, 0.05) is 0 Å². The Bertz CT molecular complexity index is 133. The molecule has 2 nitrogen and oxygen atoms in total. The molecule has 0 spiro atoms. The summed E-state index contributed by atoms with van der Waals surface area (Å²) in [7, 11) is 0. The molecule has 0 unspecified atom stereocenters. The molecular weight excluding hydrogens is 193 g/mol. The van der Waals surface area contributed by atoms with E-state index in [0.717, 1.165) is 12.8 Å². The SMILES string of the molecule is CCCCCCCCC[C@H](F)[C@@H](N)CO. The molecule has 0 saturated heterocycles. The zero-order valence-corrected chi connectivity index (χ0v) is 9.92. The molecule has 3 heteroatoms. The van der Waals surface area contributed by atoms with Crippen molar-refractivity contribution in [2.75, 3.05) is 6.61 Å². The lowest BCUT2D eigenvalue weighted by atomic mass is 10.0. The highest BCUT2D eigenvalue weighted by Gasteiger charge is 2.14. The second kappa shape index (κ2) is 10.4. The highest BCUT2D eigenvalue weighted by Crippen LogP contribution is 2.12. The van der Waals surface area contributed by atoms with Crippen LogP contribution in [0.4, 0.5) is 4.39 Å². The third-order valence-electron chi connectivity index (χ3n) is 2.76. The van der Waals surface area contributed by atoms with E-state index in [1.54, 1.807) is 0 Å². The van der Waals surface area contributed by atoms with Crippen molar-refractivity contribution in [1.82, 2.24) is 0 Å². The molecule has 3 N–H and O–H groups in total. The number of hydrogen-bond donors (Lipinski definition) is 2. The molecule has 15 heavy (non-hydrogen) atoms. The van der Waals surface area contributed by atoms with Gasteiger partial charge in [-0.2, -0.15) is 0 Å². The molecule has 0 rings (SSSR count). The van der Waals surface area contributed by atoms with Gasteiger partial charge in [-0.3, -0.25) is 0 Å². The number of unbranched alkanes of at least 4 members (excludes halogenated alkanes) is 6. The van der Waals surface area contributed by atoms with Gasteiger partial charge < -0.3 is 10.8 Å². The van der Waals surface area contributed by atoms with Gasteiger partial charge >= 0.3 is 0 Å². The van der Waals surface area contributed by atoms with E-state index in [1.807, 2.05) is 0 Å². The predicted molar refractivity (Wildman–Crippen MR) is 62.6 cm³/mol. The maximum Gasteiger partial charge on any atom is 0.117 e. The largest absolute Gasteiger partial charge is 0.395 e. The summed E-state index contributed by atoms with van der Waals surface area (Å²) in [6, 6.07) is -0.690. The molecular formula is C12H26FNO. The average molecular weight is 219 g/mol. The Morgan fingerprint density at radius 1 is 1.07 bits per heavy atom. The first kappa shape index (κ1) is 14.8. The van der Waals surface area contributed by atoms with Crippen LogP contribution in [-0.2, 0) is 0 Å². The van der Waals surface area contributed by atoms with Crippen LogP contribution in [0.5, 0.6) is 0 Å². The summed E-state index contributed by atoms with van der Waals surface area (Å²) in [5.74, 6) is 0. The van der Waals surface area contributed by atoms with Gasteiger partial charge in [0.2, 0.25) is 0 Å². The summed E-state index contributed by atoms with van der Waals surface area (Å²) in [6.45, 7) is 1.95. The fraction of sp³-hybridized carbons (Fsp3) is 1.00. The maximum absolute atomic E-state index is 13.1. The normalized spacial score (nSPS) is 15.2. The van der Waals surface area contributed by atoms with Gasteiger partial charge in [-0.15, -0.1) is 0 Å². The monoisotopic (exact) mass is 219 g/mol. The minimum Gasteiger partial charge on any atom is -0.395 e. The van der Waals surface area contributed by atoms with E-state index in [2.05, 4.69) is 6.92 Å². The summed E-state index contributed by atoms with van der Waals surface area (Å²) in [5.41, 5.74) is 5.37. The van der Waals surface area contributed by atoms with Crippen LogP contribution in [0.25, 0.3) is 0 Å². The van der Waals surface area contributed by atoms with Crippen molar-refractivity contribution < 1.29 is 9.50 Å². The van der Waals surface area contributed by atoms with E-state index in [4.69, 9.17) is 10.8 Å². The van der Waals surface area contributed by atoms with Crippen LogP contribution in [0.2, 0.25) is 0 Å². The Labute approximate surface area is 93.1 Å². The zero-order valence-electron chi connectivity index (χ0n) is 9.92. The average Bonchev–Trinajstić information content (AvgIpc) is 2.26. The molecule has 0 aliphatic rings. The predicted octanol–water partition coefficient (Wildman–Crippen LogP) is 2.78. The van der Waals surface area contributed by atoms with Crippen LogP contribution in [-0.4, -0.2) is 23.9 Å². The van der Waals surface area contributed by atoms with Crippen LogP contribution in [0.1, 0.15) is 58.3 Å². The van der Waals surface area contributed by atoms with Crippen LogP contribution in [0.15, 0.2) is 0 Å². The molecule has 0 aliphatic carbocycles. The van der Waals surface area contributed by atoms with Crippen molar-refractivity contribution in [3.63, 3.8) is 0 Å². The molecule has 0 aromatic rings. The van der Waals surface area contributed by atoms with Crippen LogP contribution in [0.3, 0.4) is 0 Å². The minimum atomic E-state index is -1.04. The third-order valence-corrected chi connectivity index (χ3v) is 2.76. The lowest BCUT2D eigenvalue weighted by Crippen LogP contribution is -2.34. The summed E-state index contributed by atoms with van der Waals surface area (Å²) in [6.07, 6.45) is 7.76. The van der Waals surface area contributed by atoms with Gasteiger partial charge in [-0.1, -0.05) is 51.9 Å². The number of aliphatic hydroxyl groups is 1. The quantitative estimate of drug-likeness (QED) is 0.555. The molecule has 0 heterocycles. The molecule has 0 aromatic carbocycles. The molecule has 0 aromatic heterocycles. The van der Waals surface area contributed by atoms with Gasteiger partial charge in [0.05, 0.1) is 12.6 Å². The van der Waals surface area contributed by atoms with E-state index in [1.165, 1.54) is 32.1 Å². The Balaban J connectivity index is 3.16. The maximum atomic E-state index is 13.1. The Morgan fingerprint density at radius 2 is 1.60 bits per heavy atom. The number of aliphatic hydroxyl groups excluding tert-OH is 1. The Morgan fingerprint density at radius 3 is 2.13 bits per heavy atom. The summed E-state index contributed by atoms with van der Waals surface area (Å²) >= 11 is 0. The van der Waals surface area contributed by atoms with Gasteiger partial charge in [0.25, 0.3) is 0 Å². The van der Waals surface area contributed by atoms with Crippen molar-refractivity contribution in [2.24, 2.45) is 5.73 Å². The Hall–Kier alpha value is -0.150. The molecule has 0 bridgehead atoms. The zero-order chi connectivity index (χ0) is 11.5. The number of rotatable bonds is 10. The number of halogens is 1. The summed E-state index contributed by atoms with van der Waals surface area (Å²) in [4.78, 5) is 0. The first-order valence-electron chi connectivity index (χ1n) is 6.22. The first-order chi connectivity index (χ1) is 7.22. The second-order valence-corrected chi connectivity index (χ2v) is 4.27. The standard InChI is InChI=1S/C12H26FNO/c1-2-3-4-5-6-7-8-9-11(13)12(14)10-15/h11-12,15H,2-10,14H2,1H3/t11-,12-/m0/s1. The van der Waals surface area contributed by atoms with E-state index >= 15 is 0 Å². The molecule has 2 atom stereocenters. The first-order valence-corrected chi connectivity index (χ1v) is 6.22. The van der Waals surface area contributed by atoms with Crippen LogP contribution >= 0.6 is 0 Å². The summed E-state index contributed by atoms with van der Waals surface area (Å²) in [5, 5.41) is 8.64. The van der Waals surface area contributed by atoms with E-state index in [0.29, 0.717) is 6.42 Å². The number of alkyl halides is 1. The van der Waals surface area contributed by atoms with Crippen LogP contribution < -0.4 is 5.73 Å². The van der Waals surface area contributed by atoms with Gasteiger partial charge in [-0.05, 0) is 6.42 Å². The molecule has 0 fully saturated rings. The minimum absolute atomic E-state index is 0.252.